The number of aliphatic hydroxyl groups is 1. The zero-order valence-electron chi connectivity index (χ0n) is 9.20. The summed E-state index contributed by atoms with van der Waals surface area (Å²) in [6.45, 7) is 1.26. The van der Waals surface area contributed by atoms with Crippen molar-refractivity contribution in [2.75, 3.05) is 6.61 Å². The molecule has 0 spiro atoms. The fraction of sp³-hybridized carbons (Fsp3) is 0.364. The Hall–Kier alpha value is -2.04. The molecule has 1 heterocycles. The van der Waals surface area contributed by atoms with E-state index in [1.807, 2.05) is 0 Å². The van der Waals surface area contributed by atoms with Gasteiger partial charge in [-0.1, -0.05) is 17.2 Å². The van der Waals surface area contributed by atoms with Gasteiger partial charge in [0, 0.05) is 4.91 Å². The number of rotatable bonds is 2. The van der Waals surface area contributed by atoms with Gasteiger partial charge in [-0.25, -0.2) is 0 Å². The number of hydrogen-bond donors (Lipinski definition) is 1. The molecule has 2 rings (SSSR count). The number of nitrogens with zero attached hydrogens (tertiary/aromatic N) is 3. The lowest BCUT2D eigenvalue weighted by Gasteiger charge is -2.34. The van der Waals surface area contributed by atoms with E-state index >= 15 is 0 Å². The summed E-state index contributed by atoms with van der Waals surface area (Å²) in [5, 5.41) is 13.1. The molecule has 1 N–H and O–H groups in total. The number of benzene rings is 1. The predicted octanol–water partition coefficient (Wildman–Crippen LogP) is 1.69. The van der Waals surface area contributed by atoms with E-state index < -0.39 is 17.4 Å². The van der Waals surface area contributed by atoms with Gasteiger partial charge in [0.15, 0.2) is 11.3 Å². The highest BCUT2D eigenvalue weighted by molar-refractivity contribution is 6.07. The number of carbonyl (C=O) groups is 1. The highest BCUT2D eigenvalue weighted by atomic mass is 16.5. The molecular formula is C11H11N3O3. The summed E-state index contributed by atoms with van der Waals surface area (Å²) in [4.78, 5) is 14.9. The summed E-state index contributed by atoms with van der Waals surface area (Å²) in [7, 11) is 0. The number of fused-ring (bicyclic) bond motifs is 1. The van der Waals surface area contributed by atoms with Crippen molar-refractivity contribution < 1.29 is 14.6 Å². The third-order valence-electron chi connectivity index (χ3n) is 2.89. The number of carbonyl (C=O) groups excluding carboxylic acids is 1. The second kappa shape index (κ2) is 4.08. The van der Waals surface area contributed by atoms with E-state index in [0.29, 0.717) is 11.3 Å². The molecule has 6 heteroatoms. The van der Waals surface area contributed by atoms with E-state index in [2.05, 4.69) is 10.0 Å². The number of Topliss-reactive ketones (excluding diaryl/α,β-unsaturated/α-hetero) is 1. The molecule has 17 heavy (non-hydrogen) atoms. The van der Waals surface area contributed by atoms with Crippen molar-refractivity contribution in [3.63, 3.8) is 0 Å². The summed E-state index contributed by atoms with van der Waals surface area (Å²) in [5.74, 6) is 0.0362. The predicted molar refractivity (Wildman–Crippen MR) is 59.8 cm³/mol. The van der Waals surface area contributed by atoms with Crippen LogP contribution in [0.3, 0.4) is 0 Å². The maximum Gasteiger partial charge on any atom is 0.184 e. The normalized spacial score (nSPS) is 24.2. The van der Waals surface area contributed by atoms with E-state index in [1.54, 1.807) is 24.3 Å². The lowest BCUT2D eigenvalue weighted by atomic mass is 9.84. The summed E-state index contributed by atoms with van der Waals surface area (Å²) in [6.07, 6.45) is -1.11. The monoisotopic (exact) mass is 233 g/mol. The van der Waals surface area contributed by atoms with Crippen LogP contribution < -0.4 is 4.74 Å². The fourth-order valence-corrected chi connectivity index (χ4v) is 1.81. The molecule has 0 radical (unpaired) electrons. The standard InChI is InChI=1S/C11H11N3O3/c1-7(15)11(13-14-12)6-17-9-5-3-2-4-8(9)10(11)16/h2-5,7,15H,6H2,1H3/t7-,11-/m1/s1. The SMILES string of the molecule is C[C@@H](O)[C@]1(N=[N+]=[N-])COc2ccccc2C1=O. The molecule has 0 aliphatic carbocycles. The van der Waals surface area contributed by atoms with E-state index in [1.165, 1.54) is 6.92 Å². The quantitative estimate of drug-likeness (QED) is 0.478. The molecule has 0 saturated heterocycles. The first-order valence-corrected chi connectivity index (χ1v) is 5.13. The Bertz CT molecular complexity index is 508. The van der Waals surface area contributed by atoms with Crippen molar-refractivity contribution in [1.29, 1.82) is 0 Å². The zero-order valence-corrected chi connectivity index (χ0v) is 9.20. The molecule has 0 saturated carbocycles. The van der Waals surface area contributed by atoms with Gasteiger partial charge in [-0.15, -0.1) is 0 Å². The Morgan fingerprint density at radius 2 is 2.29 bits per heavy atom. The van der Waals surface area contributed by atoms with Crippen LogP contribution in [0.25, 0.3) is 10.4 Å². The van der Waals surface area contributed by atoms with Crippen LogP contribution in [0, 0.1) is 0 Å². The molecular weight excluding hydrogens is 222 g/mol. The lowest BCUT2D eigenvalue weighted by Crippen LogP contribution is -2.53. The van der Waals surface area contributed by atoms with Crippen LogP contribution in [0.15, 0.2) is 29.4 Å². The molecule has 1 aromatic carbocycles. The summed E-state index contributed by atoms with van der Waals surface area (Å²) < 4.78 is 5.38. The smallest absolute Gasteiger partial charge is 0.184 e. The van der Waals surface area contributed by atoms with Gasteiger partial charge in [0.2, 0.25) is 0 Å². The molecule has 6 nitrogen and oxygen atoms in total. The molecule has 0 aromatic heterocycles. The highest BCUT2D eigenvalue weighted by Gasteiger charge is 2.47. The van der Waals surface area contributed by atoms with Crippen LogP contribution in [0.2, 0.25) is 0 Å². The molecule has 1 aliphatic rings. The summed E-state index contributed by atoms with van der Waals surface area (Å²) >= 11 is 0. The van der Waals surface area contributed by atoms with E-state index in [-0.39, 0.29) is 6.61 Å². The number of para-hydroxylation sites is 1. The molecule has 0 fully saturated rings. The number of ketones is 1. The van der Waals surface area contributed by atoms with Crippen LogP contribution in [-0.4, -0.2) is 29.1 Å². The second-order valence-corrected chi connectivity index (χ2v) is 3.90. The van der Waals surface area contributed by atoms with Crippen molar-refractivity contribution in [2.45, 2.75) is 18.6 Å². The Labute approximate surface area is 97.5 Å². The third-order valence-corrected chi connectivity index (χ3v) is 2.89. The average molecular weight is 233 g/mol. The number of azide groups is 1. The van der Waals surface area contributed by atoms with Crippen LogP contribution in [0.1, 0.15) is 17.3 Å². The van der Waals surface area contributed by atoms with E-state index in [0.717, 1.165) is 0 Å². The molecule has 2 atom stereocenters. The van der Waals surface area contributed by atoms with Gasteiger partial charge in [-0.2, -0.15) is 0 Å². The topological polar surface area (TPSA) is 95.3 Å². The van der Waals surface area contributed by atoms with E-state index in [4.69, 9.17) is 10.3 Å². The van der Waals surface area contributed by atoms with Gasteiger partial charge in [0.25, 0.3) is 0 Å². The molecule has 0 bridgehead atoms. The van der Waals surface area contributed by atoms with Gasteiger partial charge in [0.05, 0.1) is 11.7 Å². The Balaban J connectivity index is 2.55. The minimum atomic E-state index is -1.57. The third kappa shape index (κ3) is 1.63. The molecule has 0 amide bonds. The minimum absolute atomic E-state index is 0.148. The minimum Gasteiger partial charge on any atom is -0.492 e. The fourth-order valence-electron chi connectivity index (χ4n) is 1.81. The maximum absolute atomic E-state index is 12.3. The molecule has 88 valence electrons. The van der Waals surface area contributed by atoms with Crippen molar-refractivity contribution >= 4 is 5.78 Å². The summed E-state index contributed by atoms with van der Waals surface area (Å²) in [5.41, 5.74) is 7.30. The first kappa shape index (κ1) is 11.4. The van der Waals surface area contributed by atoms with Gasteiger partial charge in [0.1, 0.15) is 12.4 Å². The Morgan fingerprint density at radius 3 is 2.94 bits per heavy atom. The zero-order chi connectivity index (χ0) is 12.5. The van der Waals surface area contributed by atoms with Crippen molar-refractivity contribution in [3.05, 3.63) is 40.3 Å². The first-order valence-electron chi connectivity index (χ1n) is 5.13. The van der Waals surface area contributed by atoms with Crippen LogP contribution >= 0.6 is 0 Å². The average Bonchev–Trinajstić information content (AvgIpc) is 2.33. The van der Waals surface area contributed by atoms with Crippen molar-refractivity contribution in [3.8, 4) is 5.75 Å². The van der Waals surface area contributed by atoms with Crippen molar-refractivity contribution in [1.82, 2.24) is 0 Å². The number of aliphatic hydroxyl groups excluding tert-OH is 1. The second-order valence-electron chi connectivity index (χ2n) is 3.90. The molecule has 1 aromatic rings. The number of ether oxygens (including phenoxy) is 1. The Morgan fingerprint density at radius 1 is 1.59 bits per heavy atom. The highest BCUT2D eigenvalue weighted by Crippen LogP contribution is 2.33. The van der Waals surface area contributed by atoms with Crippen LogP contribution in [-0.2, 0) is 0 Å². The Kier molecular flexibility index (Phi) is 2.75. The van der Waals surface area contributed by atoms with Gasteiger partial charge >= 0.3 is 0 Å². The first-order chi connectivity index (χ1) is 8.12. The summed E-state index contributed by atoms with van der Waals surface area (Å²) in [6, 6.07) is 6.68. The van der Waals surface area contributed by atoms with Gasteiger partial charge < -0.3 is 9.84 Å². The van der Waals surface area contributed by atoms with Crippen molar-refractivity contribution in [2.24, 2.45) is 5.11 Å². The largest absolute Gasteiger partial charge is 0.492 e. The van der Waals surface area contributed by atoms with Gasteiger partial charge in [-0.05, 0) is 24.6 Å². The van der Waals surface area contributed by atoms with Crippen LogP contribution in [0.4, 0.5) is 0 Å². The number of hydrogen-bond acceptors (Lipinski definition) is 4. The van der Waals surface area contributed by atoms with E-state index in [9.17, 15) is 9.90 Å². The van der Waals surface area contributed by atoms with Crippen LogP contribution in [0.5, 0.6) is 5.75 Å². The molecule has 1 aliphatic heterocycles. The lowest BCUT2D eigenvalue weighted by molar-refractivity contribution is 0.0415. The molecule has 0 unspecified atom stereocenters. The maximum atomic E-state index is 12.3. The van der Waals surface area contributed by atoms with Gasteiger partial charge in [-0.3, -0.25) is 4.79 Å².